The number of hydrogen-bond acceptors (Lipinski definition) is 5. The van der Waals surface area contributed by atoms with Crippen LogP contribution in [0.3, 0.4) is 0 Å². The van der Waals surface area contributed by atoms with E-state index in [0.717, 1.165) is 0 Å². The van der Waals surface area contributed by atoms with Crippen LogP contribution in [0.2, 0.25) is 0 Å². The number of rotatable bonds is 2. The molecule has 1 unspecified atom stereocenters. The number of fused-ring (bicyclic) bond motifs is 1. The van der Waals surface area contributed by atoms with Crippen LogP contribution in [0.25, 0.3) is 0 Å². The molecule has 136 valence electrons. The summed E-state index contributed by atoms with van der Waals surface area (Å²) in [5.41, 5.74) is -0.0771. The summed E-state index contributed by atoms with van der Waals surface area (Å²) in [6, 6.07) is 5.15. The van der Waals surface area contributed by atoms with Gasteiger partial charge in [0.2, 0.25) is 0 Å². The SMILES string of the molecule is CC(C)(C)OC(=O)N1CCC(NC(=O)c2cccc3c2OCCO3)C1. The molecular weight excluding hydrogens is 324 g/mol. The van der Waals surface area contributed by atoms with E-state index in [9.17, 15) is 9.59 Å². The summed E-state index contributed by atoms with van der Waals surface area (Å²) in [6.45, 7) is 7.40. The molecule has 7 heteroatoms. The van der Waals surface area contributed by atoms with E-state index in [-0.39, 0.29) is 18.0 Å². The van der Waals surface area contributed by atoms with Crippen LogP contribution in [0, 0.1) is 0 Å². The highest BCUT2D eigenvalue weighted by atomic mass is 16.6. The van der Waals surface area contributed by atoms with Gasteiger partial charge in [0.15, 0.2) is 11.5 Å². The topological polar surface area (TPSA) is 77.1 Å². The lowest BCUT2D eigenvalue weighted by molar-refractivity contribution is 0.0290. The van der Waals surface area contributed by atoms with E-state index < -0.39 is 5.60 Å². The normalized spacial score (nSPS) is 19.5. The third-order valence-electron chi connectivity index (χ3n) is 3.99. The number of ether oxygens (including phenoxy) is 3. The Morgan fingerprint density at radius 1 is 1.24 bits per heavy atom. The minimum absolute atomic E-state index is 0.111. The summed E-state index contributed by atoms with van der Waals surface area (Å²) in [6.07, 6.45) is 0.343. The van der Waals surface area contributed by atoms with Crippen molar-refractivity contribution >= 4 is 12.0 Å². The van der Waals surface area contributed by atoms with Gasteiger partial charge in [-0.2, -0.15) is 0 Å². The fourth-order valence-corrected chi connectivity index (χ4v) is 2.89. The van der Waals surface area contributed by atoms with Crippen molar-refractivity contribution < 1.29 is 23.8 Å². The molecule has 2 aliphatic rings. The first kappa shape index (κ1) is 17.4. The van der Waals surface area contributed by atoms with Crippen molar-refractivity contribution in [1.29, 1.82) is 0 Å². The number of carbonyl (C=O) groups is 2. The highest BCUT2D eigenvalue weighted by Crippen LogP contribution is 2.33. The first-order chi connectivity index (χ1) is 11.8. The van der Waals surface area contributed by atoms with Crippen LogP contribution in [-0.2, 0) is 4.74 Å². The van der Waals surface area contributed by atoms with Gasteiger partial charge >= 0.3 is 6.09 Å². The zero-order valence-corrected chi connectivity index (χ0v) is 14.8. The zero-order valence-electron chi connectivity index (χ0n) is 14.8. The Labute approximate surface area is 147 Å². The summed E-state index contributed by atoms with van der Waals surface area (Å²) in [5.74, 6) is 0.840. The highest BCUT2D eigenvalue weighted by Gasteiger charge is 2.31. The minimum atomic E-state index is -0.529. The van der Waals surface area contributed by atoms with Crippen molar-refractivity contribution in [3.8, 4) is 11.5 Å². The Hall–Kier alpha value is -2.44. The Kier molecular flexibility index (Phi) is 4.74. The lowest BCUT2D eigenvalue weighted by Crippen LogP contribution is -2.40. The largest absolute Gasteiger partial charge is 0.486 e. The molecule has 2 heterocycles. The first-order valence-corrected chi connectivity index (χ1v) is 8.51. The molecule has 1 fully saturated rings. The van der Waals surface area contributed by atoms with Crippen molar-refractivity contribution in [2.24, 2.45) is 0 Å². The minimum Gasteiger partial charge on any atom is -0.486 e. The Balaban J connectivity index is 1.61. The second-order valence-corrected chi connectivity index (χ2v) is 7.22. The number of carbonyl (C=O) groups excluding carboxylic acids is 2. The van der Waals surface area contributed by atoms with Crippen molar-refractivity contribution in [2.75, 3.05) is 26.3 Å². The van der Waals surface area contributed by atoms with E-state index in [1.54, 1.807) is 23.1 Å². The summed E-state index contributed by atoms with van der Waals surface area (Å²) in [4.78, 5) is 26.3. The van der Waals surface area contributed by atoms with Gasteiger partial charge in [0.25, 0.3) is 5.91 Å². The van der Waals surface area contributed by atoms with E-state index >= 15 is 0 Å². The average Bonchev–Trinajstić information content (AvgIpc) is 3.01. The van der Waals surface area contributed by atoms with Crippen LogP contribution in [0.5, 0.6) is 11.5 Å². The quantitative estimate of drug-likeness (QED) is 0.887. The van der Waals surface area contributed by atoms with E-state index in [1.807, 2.05) is 20.8 Å². The smallest absolute Gasteiger partial charge is 0.410 e. The summed E-state index contributed by atoms with van der Waals surface area (Å²) >= 11 is 0. The molecule has 0 aliphatic carbocycles. The second kappa shape index (κ2) is 6.82. The van der Waals surface area contributed by atoms with Gasteiger partial charge < -0.3 is 24.4 Å². The molecular formula is C18H24N2O5. The van der Waals surface area contributed by atoms with Crippen molar-refractivity contribution in [3.63, 3.8) is 0 Å². The molecule has 0 spiro atoms. The molecule has 1 N–H and O–H groups in total. The predicted octanol–water partition coefficient (Wildman–Crippen LogP) is 2.20. The van der Waals surface area contributed by atoms with Gasteiger partial charge in [-0.25, -0.2) is 4.79 Å². The third kappa shape index (κ3) is 4.15. The first-order valence-electron chi connectivity index (χ1n) is 8.51. The molecule has 0 bridgehead atoms. The molecule has 3 rings (SSSR count). The fourth-order valence-electron chi connectivity index (χ4n) is 2.89. The van der Waals surface area contributed by atoms with Crippen LogP contribution >= 0.6 is 0 Å². The van der Waals surface area contributed by atoms with Crippen molar-refractivity contribution in [2.45, 2.75) is 38.8 Å². The standard InChI is InChI=1S/C18H24N2O5/c1-18(2,3)25-17(22)20-8-7-12(11-20)19-16(21)13-5-4-6-14-15(13)24-10-9-23-14/h4-6,12H,7-11H2,1-3H3,(H,19,21). The van der Waals surface area contributed by atoms with Gasteiger partial charge in [-0.15, -0.1) is 0 Å². The maximum absolute atomic E-state index is 12.6. The van der Waals surface area contributed by atoms with Gasteiger partial charge in [0.1, 0.15) is 18.8 Å². The Morgan fingerprint density at radius 3 is 2.76 bits per heavy atom. The Bertz CT molecular complexity index is 668. The highest BCUT2D eigenvalue weighted by molar-refractivity contribution is 5.98. The van der Waals surface area contributed by atoms with E-state index in [0.29, 0.717) is 49.8 Å². The predicted molar refractivity (Wildman–Crippen MR) is 91.1 cm³/mol. The number of para-hydroxylation sites is 1. The molecule has 1 saturated heterocycles. The molecule has 0 saturated carbocycles. The maximum atomic E-state index is 12.6. The van der Waals surface area contributed by atoms with Crippen LogP contribution in [-0.4, -0.2) is 54.8 Å². The molecule has 1 aromatic rings. The zero-order chi connectivity index (χ0) is 18.0. The molecule has 1 aromatic carbocycles. The van der Waals surface area contributed by atoms with Crippen LogP contribution in [0.1, 0.15) is 37.6 Å². The molecule has 2 aliphatic heterocycles. The third-order valence-corrected chi connectivity index (χ3v) is 3.99. The van der Waals surface area contributed by atoms with E-state index in [1.165, 1.54) is 0 Å². The number of nitrogens with zero attached hydrogens (tertiary/aromatic N) is 1. The Morgan fingerprint density at radius 2 is 2.00 bits per heavy atom. The molecule has 7 nitrogen and oxygen atoms in total. The lowest BCUT2D eigenvalue weighted by atomic mass is 10.1. The van der Waals surface area contributed by atoms with Gasteiger partial charge in [-0.1, -0.05) is 6.07 Å². The molecule has 1 atom stereocenters. The second-order valence-electron chi connectivity index (χ2n) is 7.22. The molecule has 0 aromatic heterocycles. The number of hydrogen-bond donors (Lipinski definition) is 1. The number of amides is 2. The summed E-state index contributed by atoms with van der Waals surface area (Å²) in [7, 11) is 0. The van der Waals surface area contributed by atoms with Gasteiger partial charge in [0.05, 0.1) is 5.56 Å². The molecule has 25 heavy (non-hydrogen) atoms. The number of likely N-dealkylation sites (tertiary alicyclic amines) is 1. The van der Waals surface area contributed by atoms with Gasteiger partial charge in [-0.05, 0) is 39.3 Å². The monoisotopic (exact) mass is 348 g/mol. The van der Waals surface area contributed by atoms with E-state index in [2.05, 4.69) is 5.32 Å². The van der Waals surface area contributed by atoms with Crippen LogP contribution < -0.4 is 14.8 Å². The van der Waals surface area contributed by atoms with Crippen LogP contribution in [0.15, 0.2) is 18.2 Å². The lowest BCUT2D eigenvalue weighted by Gasteiger charge is -2.24. The van der Waals surface area contributed by atoms with Gasteiger partial charge in [-0.3, -0.25) is 4.79 Å². The number of benzene rings is 1. The average molecular weight is 348 g/mol. The van der Waals surface area contributed by atoms with Gasteiger partial charge in [0, 0.05) is 19.1 Å². The summed E-state index contributed by atoms with van der Waals surface area (Å²) < 4.78 is 16.5. The number of nitrogens with one attached hydrogen (secondary N) is 1. The van der Waals surface area contributed by atoms with E-state index in [4.69, 9.17) is 14.2 Å². The fraction of sp³-hybridized carbons (Fsp3) is 0.556. The molecule has 2 amide bonds. The van der Waals surface area contributed by atoms with Crippen LogP contribution in [0.4, 0.5) is 4.79 Å². The molecule has 0 radical (unpaired) electrons. The van der Waals surface area contributed by atoms with Crippen molar-refractivity contribution in [3.05, 3.63) is 23.8 Å². The van der Waals surface area contributed by atoms with Crippen molar-refractivity contribution in [1.82, 2.24) is 10.2 Å². The summed E-state index contributed by atoms with van der Waals surface area (Å²) in [5, 5.41) is 2.97. The maximum Gasteiger partial charge on any atom is 0.410 e.